The lowest BCUT2D eigenvalue weighted by Crippen LogP contribution is -2.24. The summed E-state index contributed by atoms with van der Waals surface area (Å²) in [5.41, 5.74) is 0. The number of ether oxygens (including phenoxy) is 5. The summed E-state index contributed by atoms with van der Waals surface area (Å²) in [5.74, 6) is 1.34. The number of hydrogen-bond acceptors (Lipinski definition) is 7. The summed E-state index contributed by atoms with van der Waals surface area (Å²) < 4.78 is 38.7. The third-order valence-corrected chi connectivity index (χ3v) is 3.66. The van der Waals surface area contributed by atoms with Crippen LogP contribution < -0.4 is 0 Å². The van der Waals surface area contributed by atoms with Crippen molar-refractivity contribution in [2.75, 3.05) is 26.4 Å². The number of rotatable bonds is 6. The van der Waals surface area contributed by atoms with Crippen LogP contribution in [0.2, 0.25) is 0 Å². The molecule has 4 atom stereocenters. The second kappa shape index (κ2) is 6.86. The van der Waals surface area contributed by atoms with Crippen LogP contribution >= 0.6 is 0 Å². The Hall–Kier alpha value is -1.64. The zero-order valence-corrected chi connectivity index (χ0v) is 12.5. The summed E-state index contributed by atoms with van der Waals surface area (Å²) >= 11 is 0. The highest BCUT2D eigenvalue weighted by molar-refractivity contribution is 5.01. The highest BCUT2D eigenvalue weighted by Gasteiger charge is 2.31. The Bertz CT molecular complexity index is 527. The van der Waals surface area contributed by atoms with Crippen LogP contribution in [0.1, 0.15) is 24.1 Å². The summed E-state index contributed by atoms with van der Waals surface area (Å²) in [5, 5.41) is 0. The van der Waals surface area contributed by atoms with E-state index in [2.05, 4.69) is 0 Å². The Morgan fingerprint density at radius 1 is 0.826 bits per heavy atom. The van der Waals surface area contributed by atoms with Crippen molar-refractivity contribution in [2.24, 2.45) is 0 Å². The van der Waals surface area contributed by atoms with Gasteiger partial charge in [0.2, 0.25) is 12.6 Å². The SMILES string of the molecule is c1coc(C2OCC(COCC3COC(c4ccco4)O3)O2)c1. The van der Waals surface area contributed by atoms with Crippen molar-refractivity contribution in [3.8, 4) is 0 Å². The maximum atomic E-state index is 5.72. The lowest BCUT2D eigenvalue weighted by Gasteiger charge is -2.13. The van der Waals surface area contributed by atoms with Crippen molar-refractivity contribution in [3.05, 3.63) is 48.3 Å². The molecule has 2 aliphatic rings. The minimum Gasteiger partial charge on any atom is -0.464 e. The van der Waals surface area contributed by atoms with Crippen molar-refractivity contribution in [1.82, 2.24) is 0 Å². The summed E-state index contributed by atoms with van der Waals surface area (Å²) in [7, 11) is 0. The molecule has 0 amide bonds. The van der Waals surface area contributed by atoms with Crippen molar-refractivity contribution >= 4 is 0 Å². The molecule has 0 spiro atoms. The molecule has 0 aromatic carbocycles. The van der Waals surface area contributed by atoms with E-state index >= 15 is 0 Å². The molecule has 23 heavy (non-hydrogen) atoms. The molecule has 0 N–H and O–H groups in total. The molecule has 0 bridgehead atoms. The first kappa shape index (κ1) is 14.9. The van der Waals surface area contributed by atoms with Gasteiger partial charge in [0.15, 0.2) is 11.5 Å². The van der Waals surface area contributed by atoms with Crippen LogP contribution in [-0.4, -0.2) is 38.6 Å². The Morgan fingerprint density at radius 3 is 1.78 bits per heavy atom. The van der Waals surface area contributed by atoms with Crippen LogP contribution in [0.15, 0.2) is 45.6 Å². The predicted octanol–water partition coefficient (Wildman–Crippen LogP) is 2.42. The molecule has 7 nitrogen and oxygen atoms in total. The van der Waals surface area contributed by atoms with Crippen LogP contribution in [0.5, 0.6) is 0 Å². The van der Waals surface area contributed by atoms with Crippen LogP contribution in [0, 0.1) is 0 Å². The molecule has 4 heterocycles. The standard InChI is InChI=1S/C16H18O7/c1-3-13(18-5-1)15-20-9-11(22-15)7-17-8-12-10-21-16(23-12)14-4-2-6-19-14/h1-6,11-12,15-16H,7-10H2. The number of hydrogen-bond donors (Lipinski definition) is 0. The van der Waals surface area contributed by atoms with Gasteiger partial charge < -0.3 is 32.5 Å². The second-order valence-electron chi connectivity index (χ2n) is 5.42. The van der Waals surface area contributed by atoms with E-state index in [9.17, 15) is 0 Å². The van der Waals surface area contributed by atoms with Crippen molar-refractivity contribution < 1.29 is 32.5 Å². The monoisotopic (exact) mass is 322 g/mol. The average Bonchev–Trinajstić information content (AvgIpc) is 3.33. The maximum absolute atomic E-state index is 5.72. The largest absolute Gasteiger partial charge is 0.464 e. The van der Waals surface area contributed by atoms with Crippen LogP contribution in [0.3, 0.4) is 0 Å². The molecular weight excluding hydrogens is 304 g/mol. The summed E-state index contributed by atoms with van der Waals surface area (Å²) in [6.07, 6.45) is 2.06. The van der Waals surface area contributed by atoms with E-state index in [1.807, 2.05) is 12.1 Å². The van der Waals surface area contributed by atoms with Gasteiger partial charge in [0.1, 0.15) is 12.2 Å². The van der Waals surface area contributed by atoms with Crippen molar-refractivity contribution in [3.63, 3.8) is 0 Å². The third kappa shape index (κ3) is 3.49. The minimum absolute atomic E-state index is 0.117. The van der Waals surface area contributed by atoms with Crippen LogP contribution in [0.25, 0.3) is 0 Å². The molecule has 0 saturated carbocycles. The zero-order chi connectivity index (χ0) is 15.5. The van der Waals surface area contributed by atoms with Gasteiger partial charge in [-0.25, -0.2) is 0 Å². The van der Waals surface area contributed by atoms with Crippen molar-refractivity contribution in [2.45, 2.75) is 24.8 Å². The van der Waals surface area contributed by atoms with Gasteiger partial charge in [-0.2, -0.15) is 0 Å². The molecular formula is C16H18O7. The van der Waals surface area contributed by atoms with Gasteiger partial charge >= 0.3 is 0 Å². The van der Waals surface area contributed by atoms with E-state index in [1.165, 1.54) is 0 Å². The van der Waals surface area contributed by atoms with Gasteiger partial charge in [-0.15, -0.1) is 0 Å². The van der Waals surface area contributed by atoms with E-state index in [0.717, 1.165) is 0 Å². The first-order valence-electron chi connectivity index (χ1n) is 7.57. The zero-order valence-electron chi connectivity index (χ0n) is 12.5. The maximum Gasteiger partial charge on any atom is 0.217 e. The van der Waals surface area contributed by atoms with Gasteiger partial charge in [-0.05, 0) is 24.3 Å². The van der Waals surface area contributed by atoms with E-state index in [-0.39, 0.29) is 12.2 Å². The highest BCUT2D eigenvalue weighted by atomic mass is 16.7. The van der Waals surface area contributed by atoms with Gasteiger partial charge in [0.05, 0.1) is 39.0 Å². The molecule has 2 fully saturated rings. The molecule has 4 unspecified atom stereocenters. The molecule has 0 aliphatic carbocycles. The fraction of sp³-hybridized carbons (Fsp3) is 0.500. The molecule has 0 radical (unpaired) electrons. The quantitative estimate of drug-likeness (QED) is 0.808. The van der Waals surface area contributed by atoms with Gasteiger partial charge in [-0.1, -0.05) is 0 Å². The lowest BCUT2D eigenvalue weighted by atomic mass is 10.4. The topological polar surface area (TPSA) is 72.4 Å². The Labute approximate surface area is 133 Å². The molecule has 2 aliphatic heterocycles. The number of furan rings is 2. The first-order valence-corrected chi connectivity index (χ1v) is 7.57. The lowest BCUT2D eigenvalue weighted by molar-refractivity contribution is -0.101. The highest BCUT2D eigenvalue weighted by Crippen LogP contribution is 2.28. The van der Waals surface area contributed by atoms with E-state index in [0.29, 0.717) is 37.9 Å². The molecule has 124 valence electrons. The Morgan fingerprint density at radius 2 is 1.35 bits per heavy atom. The summed E-state index contributed by atoms with van der Waals surface area (Å²) in [4.78, 5) is 0. The van der Waals surface area contributed by atoms with Gasteiger partial charge in [-0.3, -0.25) is 0 Å². The van der Waals surface area contributed by atoms with E-state index in [1.54, 1.807) is 24.7 Å². The first-order chi connectivity index (χ1) is 11.4. The third-order valence-electron chi connectivity index (χ3n) is 3.66. The Kier molecular flexibility index (Phi) is 4.45. The van der Waals surface area contributed by atoms with Crippen LogP contribution in [-0.2, 0) is 23.7 Å². The molecule has 2 saturated heterocycles. The van der Waals surface area contributed by atoms with E-state index in [4.69, 9.17) is 32.5 Å². The molecule has 2 aromatic heterocycles. The fourth-order valence-corrected chi connectivity index (χ4v) is 2.55. The average molecular weight is 322 g/mol. The fourth-order valence-electron chi connectivity index (χ4n) is 2.55. The summed E-state index contributed by atoms with van der Waals surface area (Å²) in [6, 6.07) is 7.26. The van der Waals surface area contributed by atoms with Crippen molar-refractivity contribution in [1.29, 1.82) is 0 Å². The van der Waals surface area contributed by atoms with E-state index < -0.39 is 12.6 Å². The predicted molar refractivity (Wildman–Crippen MR) is 75.4 cm³/mol. The minimum atomic E-state index is -0.451. The molecule has 7 heteroatoms. The van der Waals surface area contributed by atoms with Gasteiger partial charge in [0, 0.05) is 0 Å². The normalized spacial score (nSPS) is 31.0. The Balaban J connectivity index is 1.17. The smallest absolute Gasteiger partial charge is 0.217 e. The van der Waals surface area contributed by atoms with Gasteiger partial charge in [0.25, 0.3) is 0 Å². The van der Waals surface area contributed by atoms with Crippen LogP contribution in [0.4, 0.5) is 0 Å². The summed E-state index contributed by atoms with van der Waals surface area (Å²) in [6.45, 7) is 1.82. The molecule has 2 aromatic rings. The second-order valence-corrected chi connectivity index (χ2v) is 5.42. The molecule has 4 rings (SSSR count).